The molecule has 11 heteroatoms. The molecule has 0 radical (unpaired) electrons. The molecule has 0 saturated carbocycles. The number of aromatic hydroxyl groups is 1. The van der Waals surface area contributed by atoms with Crippen molar-refractivity contribution in [2.45, 2.75) is 4.90 Å². The van der Waals surface area contributed by atoms with E-state index >= 15 is 0 Å². The number of hydrogen-bond acceptors (Lipinski definition) is 6. The minimum absolute atomic E-state index is 0.0387. The highest BCUT2D eigenvalue weighted by Crippen LogP contribution is 2.27. The first kappa shape index (κ1) is 24.4. The molecule has 3 aromatic rings. The Balaban J connectivity index is 1.83. The van der Waals surface area contributed by atoms with Crippen molar-refractivity contribution in [3.63, 3.8) is 0 Å². The fourth-order valence-electron chi connectivity index (χ4n) is 2.80. The summed E-state index contributed by atoms with van der Waals surface area (Å²) in [4.78, 5) is 12.5. The molecular formula is C22H19Cl2N3O5S. The predicted molar refractivity (Wildman–Crippen MR) is 128 cm³/mol. The van der Waals surface area contributed by atoms with Crippen molar-refractivity contribution in [1.82, 2.24) is 5.43 Å². The molecule has 0 heterocycles. The third-order valence-corrected chi connectivity index (χ3v) is 6.67. The normalized spacial score (nSPS) is 11.4. The van der Waals surface area contributed by atoms with Crippen LogP contribution in [0.5, 0.6) is 11.5 Å². The minimum Gasteiger partial charge on any atom is -0.504 e. The second-order valence-corrected chi connectivity index (χ2v) is 9.41. The first-order valence-electron chi connectivity index (χ1n) is 9.43. The van der Waals surface area contributed by atoms with E-state index in [2.05, 4.69) is 10.5 Å². The van der Waals surface area contributed by atoms with Crippen molar-refractivity contribution in [1.29, 1.82) is 0 Å². The molecule has 0 aliphatic heterocycles. The van der Waals surface area contributed by atoms with Crippen LogP contribution in [0.3, 0.4) is 0 Å². The molecule has 0 aromatic heterocycles. The number of nitrogens with zero attached hydrogens (tertiary/aromatic N) is 2. The number of amides is 1. The van der Waals surface area contributed by atoms with E-state index in [9.17, 15) is 18.3 Å². The van der Waals surface area contributed by atoms with Crippen LogP contribution in [0.15, 0.2) is 76.7 Å². The molecule has 2 N–H and O–H groups in total. The number of carbonyl (C=O) groups excluding carboxylic acids is 1. The Morgan fingerprint density at radius 2 is 1.82 bits per heavy atom. The molecule has 33 heavy (non-hydrogen) atoms. The lowest BCUT2D eigenvalue weighted by Gasteiger charge is -2.23. The van der Waals surface area contributed by atoms with Gasteiger partial charge in [-0.05, 0) is 66.2 Å². The van der Waals surface area contributed by atoms with Gasteiger partial charge in [-0.3, -0.25) is 9.10 Å². The maximum atomic E-state index is 13.3. The Bertz CT molecular complexity index is 1280. The number of nitrogens with one attached hydrogen (secondary N) is 1. The number of hydrazone groups is 1. The number of hydrogen-bond donors (Lipinski definition) is 2. The lowest BCUT2D eigenvalue weighted by Crippen LogP contribution is -2.39. The van der Waals surface area contributed by atoms with E-state index in [1.54, 1.807) is 18.2 Å². The van der Waals surface area contributed by atoms with Gasteiger partial charge in [-0.1, -0.05) is 29.3 Å². The molecule has 172 valence electrons. The van der Waals surface area contributed by atoms with Crippen LogP contribution >= 0.6 is 23.2 Å². The Hall–Kier alpha value is -3.27. The van der Waals surface area contributed by atoms with Crippen molar-refractivity contribution in [2.24, 2.45) is 5.10 Å². The Labute approximate surface area is 201 Å². The fourth-order valence-corrected chi connectivity index (χ4v) is 4.52. The second kappa shape index (κ2) is 10.6. The van der Waals surface area contributed by atoms with Crippen LogP contribution in [0.4, 0.5) is 5.69 Å². The van der Waals surface area contributed by atoms with Crippen LogP contribution in [-0.4, -0.2) is 39.3 Å². The van der Waals surface area contributed by atoms with Gasteiger partial charge in [0.05, 0.1) is 23.9 Å². The van der Waals surface area contributed by atoms with Gasteiger partial charge in [0, 0.05) is 10.0 Å². The number of carbonyl (C=O) groups is 1. The number of phenols is 1. The van der Waals surface area contributed by atoms with E-state index in [4.69, 9.17) is 27.9 Å². The molecular weight excluding hydrogens is 489 g/mol. The molecule has 3 aromatic carbocycles. The summed E-state index contributed by atoms with van der Waals surface area (Å²) in [6.07, 6.45) is 1.33. The van der Waals surface area contributed by atoms with Gasteiger partial charge in [-0.25, -0.2) is 13.8 Å². The molecule has 0 saturated heterocycles. The summed E-state index contributed by atoms with van der Waals surface area (Å²) >= 11 is 11.9. The zero-order valence-corrected chi connectivity index (χ0v) is 19.6. The number of sulfonamides is 1. The van der Waals surface area contributed by atoms with E-state index < -0.39 is 22.5 Å². The molecule has 0 aliphatic carbocycles. The van der Waals surface area contributed by atoms with Crippen LogP contribution in [0.1, 0.15) is 5.56 Å². The van der Waals surface area contributed by atoms with E-state index in [1.165, 1.54) is 61.9 Å². The number of rotatable bonds is 8. The zero-order chi connectivity index (χ0) is 24.0. The topological polar surface area (TPSA) is 108 Å². The maximum Gasteiger partial charge on any atom is 0.264 e. The number of halogens is 2. The van der Waals surface area contributed by atoms with Gasteiger partial charge >= 0.3 is 0 Å². The summed E-state index contributed by atoms with van der Waals surface area (Å²) in [5, 5.41) is 14.2. The van der Waals surface area contributed by atoms with Crippen LogP contribution in [0, 0.1) is 0 Å². The monoisotopic (exact) mass is 507 g/mol. The van der Waals surface area contributed by atoms with E-state index in [1.807, 2.05) is 0 Å². The standard InChI is InChI=1S/C22H19Cl2N3O5S/c1-32-21-11-15(5-10-20(21)28)13-25-26-22(29)14-27(18-4-2-3-17(24)12-18)33(30,31)19-8-6-16(23)7-9-19/h2-13,28H,14H2,1H3,(H,26,29)/b25-13-. The van der Waals surface area contributed by atoms with E-state index in [0.29, 0.717) is 15.6 Å². The second-order valence-electron chi connectivity index (χ2n) is 6.67. The van der Waals surface area contributed by atoms with Crippen molar-refractivity contribution >= 4 is 51.0 Å². The molecule has 3 rings (SSSR count). The third kappa shape index (κ3) is 6.16. The fraction of sp³-hybridized carbons (Fsp3) is 0.0909. The van der Waals surface area contributed by atoms with Crippen LogP contribution in [0.25, 0.3) is 0 Å². The summed E-state index contributed by atoms with van der Waals surface area (Å²) in [6.45, 7) is -0.554. The van der Waals surface area contributed by atoms with Gasteiger partial charge in [0.25, 0.3) is 15.9 Å². The number of anilines is 1. The molecule has 0 fully saturated rings. The highest BCUT2D eigenvalue weighted by molar-refractivity contribution is 7.92. The van der Waals surface area contributed by atoms with Gasteiger partial charge in [0.1, 0.15) is 6.54 Å². The van der Waals surface area contributed by atoms with Gasteiger partial charge in [-0.15, -0.1) is 0 Å². The van der Waals surface area contributed by atoms with Crippen molar-refractivity contribution in [3.8, 4) is 11.5 Å². The Kier molecular flexibility index (Phi) is 7.80. The Morgan fingerprint density at radius 3 is 2.48 bits per heavy atom. The molecule has 0 atom stereocenters. The van der Waals surface area contributed by atoms with E-state index in [0.717, 1.165) is 4.31 Å². The predicted octanol–water partition coefficient (Wildman–Crippen LogP) is 4.05. The van der Waals surface area contributed by atoms with Crippen LogP contribution < -0.4 is 14.5 Å². The summed E-state index contributed by atoms with van der Waals surface area (Å²) in [5.74, 6) is -0.482. The van der Waals surface area contributed by atoms with Crippen molar-refractivity contribution < 1.29 is 23.1 Å². The molecule has 0 spiro atoms. The highest BCUT2D eigenvalue weighted by Gasteiger charge is 2.27. The number of benzene rings is 3. The van der Waals surface area contributed by atoms with Gasteiger partial charge < -0.3 is 9.84 Å². The number of ether oxygens (including phenoxy) is 1. The molecule has 0 bridgehead atoms. The first-order chi connectivity index (χ1) is 15.7. The van der Waals surface area contributed by atoms with Gasteiger partial charge in [0.15, 0.2) is 11.5 Å². The largest absolute Gasteiger partial charge is 0.504 e. The lowest BCUT2D eigenvalue weighted by atomic mass is 10.2. The number of methoxy groups -OCH3 is 1. The average Bonchev–Trinajstić information content (AvgIpc) is 2.78. The quantitative estimate of drug-likeness (QED) is 0.353. The van der Waals surface area contributed by atoms with Gasteiger partial charge in [0.2, 0.25) is 0 Å². The summed E-state index contributed by atoms with van der Waals surface area (Å²) in [6, 6.07) is 16.2. The van der Waals surface area contributed by atoms with E-state index in [-0.39, 0.29) is 22.1 Å². The first-order valence-corrected chi connectivity index (χ1v) is 11.6. The summed E-state index contributed by atoms with van der Waals surface area (Å²) < 4.78 is 32.5. The maximum absolute atomic E-state index is 13.3. The summed E-state index contributed by atoms with van der Waals surface area (Å²) in [7, 11) is -2.71. The molecule has 0 aliphatic rings. The molecule has 0 unspecified atom stereocenters. The molecule has 8 nitrogen and oxygen atoms in total. The Morgan fingerprint density at radius 1 is 1.09 bits per heavy atom. The van der Waals surface area contributed by atoms with Crippen molar-refractivity contribution in [3.05, 3.63) is 82.3 Å². The zero-order valence-electron chi connectivity index (χ0n) is 17.3. The van der Waals surface area contributed by atoms with Crippen LogP contribution in [-0.2, 0) is 14.8 Å². The van der Waals surface area contributed by atoms with Gasteiger partial charge in [-0.2, -0.15) is 5.10 Å². The van der Waals surface area contributed by atoms with Crippen LogP contribution in [0.2, 0.25) is 10.0 Å². The molecule has 1 amide bonds. The average molecular weight is 508 g/mol. The lowest BCUT2D eigenvalue weighted by molar-refractivity contribution is -0.119. The van der Waals surface area contributed by atoms with Crippen molar-refractivity contribution in [2.75, 3.05) is 18.0 Å². The highest BCUT2D eigenvalue weighted by atomic mass is 35.5. The smallest absolute Gasteiger partial charge is 0.264 e. The summed E-state index contributed by atoms with van der Waals surface area (Å²) in [5.41, 5.74) is 3.05. The third-order valence-electron chi connectivity index (χ3n) is 4.39. The number of phenolic OH excluding ortho intramolecular Hbond substituents is 1. The minimum atomic E-state index is -4.11. The SMILES string of the molecule is COc1cc(/C=N\NC(=O)CN(c2cccc(Cl)c2)S(=O)(=O)c2ccc(Cl)cc2)ccc1O.